The second kappa shape index (κ2) is 10.0. The van der Waals surface area contributed by atoms with Crippen LogP contribution < -0.4 is 20.1 Å². The van der Waals surface area contributed by atoms with Crippen LogP contribution in [0.25, 0.3) is 21.8 Å². The molecule has 0 saturated carbocycles. The predicted octanol–water partition coefficient (Wildman–Crippen LogP) is 7.81. The van der Waals surface area contributed by atoms with Gasteiger partial charge in [-0.1, -0.05) is 42.5 Å². The summed E-state index contributed by atoms with van der Waals surface area (Å²) in [4.78, 5) is 14.1. The number of aromatic nitrogens is 1. The van der Waals surface area contributed by atoms with Gasteiger partial charge in [0.05, 0.1) is 31.6 Å². The quantitative estimate of drug-likeness (QED) is 0.237. The molecule has 206 valence electrons. The average Bonchev–Trinajstić information content (AvgIpc) is 3.22. The summed E-state index contributed by atoms with van der Waals surface area (Å²) in [7, 11) is 3.28. The third-order valence-electron chi connectivity index (χ3n) is 8.63. The topological polar surface area (TPSA) is 64.5 Å². The summed E-state index contributed by atoms with van der Waals surface area (Å²) >= 11 is 0. The third kappa shape index (κ3) is 4.13. The summed E-state index contributed by atoms with van der Waals surface area (Å²) in [6, 6.07) is 29.1. The van der Waals surface area contributed by atoms with Crippen LogP contribution in [0.4, 0.5) is 11.4 Å². The highest BCUT2D eigenvalue weighted by molar-refractivity contribution is 6.08. The van der Waals surface area contributed by atoms with Crippen molar-refractivity contribution in [2.45, 2.75) is 38.3 Å². The van der Waals surface area contributed by atoms with Gasteiger partial charge in [0.15, 0.2) is 17.3 Å². The van der Waals surface area contributed by atoms with Crippen molar-refractivity contribution in [2.24, 2.45) is 0 Å². The van der Waals surface area contributed by atoms with E-state index in [1.807, 2.05) is 30.3 Å². The Morgan fingerprint density at radius 3 is 2.32 bits per heavy atom. The van der Waals surface area contributed by atoms with Crippen molar-refractivity contribution in [1.29, 1.82) is 0 Å². The molecule has 5 aromatic rings. The lowest BCUT2D eigenvalue weighted by Crippen LogP contribution is -2.26. The minimum atomic E-state index is -0.270. The normalized spacial score (nSPS) is 18.4. The predicted molar refractivity (Wildman–Crippen MR) is 165 cm³/mol. The van der Waals surface area contributed by atoms with Gasteiger partial charge in [-0.05, 0) is 72.9 Å². The highest BCUT2D eigenvalue weighted by Gasteiger charge is 2.36. The number of allylic oxidation sites excluding steroid dienone is 1. The molecule has 7 rings (SSSR count). The molecule has 2 unspecified atom stereocenters. The SMILES string of the molecule is CCn1c2ccccc2c2cc(C3Nc4ccccc4NC4=C3C(=O)CC(c3ccc(OC)c(OC)c3)C4)ccc21. The zero-order valence-corrected chi connectivity index (χ0v) is 23.5. The number of rotatable bonds is 5. The number of methoxy groups -OCH3 is 2. The molecule has 4 aromatic carbocycles. The number of Topliss-reactive ketones (excluding diaryl/α,β-unsaturated/α-hetero) is 1. The molecule has 0 amide bonds. The van der Waals surface area contributed by atoms with Crippen LogP contribution in [-0.4, -0.2) is 24.6 Å². The van der Waals surface area contributed by atoms with Gasteiger partial charge in [0.2, 0.25) is 0 Å². The number of aryl methyl sites for hydroxylation is 1. The molecule has 1 aliphatic carbocycles. The summed E-state index contributed by atoms with van der Waals surface area (Å²) in [5.41, 5.74) is 8.35. The van der Waals surface area contributed by atoms with Crippen LogP contribution >= 0.6 is 0 Å². The number of anilines is 2. The van der Waals surface area contributed by atoms with E-state index in [4.69, 9.17) is 9.47 Å². The van der Waals surface area contributed by atoms with Gasteiger partial charge in [-0.15, -0.1) is 0 Å². The maximum atomic E-state index is 14.1. The summed E-state index contributed by atoms with van der Waals surface area (Å²) in [5, 5.41) is 9.84. The van der Waals surface area contributed by atoms with Crippen molar-refractivity contribution in [1.82, 2.24) is 4.57 Å². The largest absolute Gasteiger partial charge is 0.493 e. The number of ketones is 1. The van der Waals surface area contributed by atoms with Crippen LogP contribution in [0, 0.1) is 0 Å². The van der Waals surface area contributed by atoms with Gasteiger partial charge in [-0.3, -0.25) is 4.79 Å². The number of hydrogen-bond acceptors (Lipinski definition) is 5. The Morgan fingerprint density at radius 1 is 0.780 bits per heavy atom. The van der Waals surface area contributed by atoms with Crippen LogP contribution in [0.15, 0.2) is 96.2 Å². The van der Waals surface area contributed by atoms with Crippen LogP contribution in [0.2, 0.25) is 0 Å². The fourth-order valence-corrected chi connectivity index (χ4v) is 6.68. The number of hydrogen-bond donors (Lipinski definition) is 2. The van der Waals surface area contributed by atoms with E-state index in [-0.39, 0.29) is 17.7 Å². The highest BCUT2D eigenvalue weighted by atomic mass is 16.5. The molecule has 0 bridgehead atoms. The van der Waals surface area contributed by atoms with Crippen LogP contribution in [0.3, 0.4) is 0 Å². The molecule has 0 saturated heterocycles. The number of para-hydroxylation sites is 3. The maximum absolute atomic E-state index is 14.1. The molecule has 2 atom stereocenters. The number of ether oxygens (including phenoxy) is 2. The molecular weight excluding hydrogens is 510 g/mol. The number of carbonyl (C=O) groups is 1. The molecule has 1 aromatic heterocycles. The Bertz CT molecular complexity index is 1850. The first-order valence-corrected chi connectivity index (χ1v) is 14.2. The highest BCUT2D eigenvalue weighted by Crippen LogP contribution is 2.46. The van der Waals surface area contributed by atoms with Crippen molar-refractivity contribution < 1.29 is 14.3 Å². The molecule has 2 heterocycles. The average molecular weight is 544 g/mol. The Kier molecular flexibility index (Phi) is 6.19. The van der Waals surface area contributed by atoms with E-state index in [1.165, 1.54) is 21.8 Å². The molecular formula is C35H33N3O3. The van der Waals surface area contributed by atoms with Gasteiger partial charge >= 0.3 is 0 Å². The lowest BCUT2D eigenvalue weighted by atomic mass is 9.78. The zero-order valence-electron chi connectivity index (χ0n) is 23.5. The molecule has 6 nitrogen and oxygen atoms in total. The molecule has 41 heavy (non-hydrogen) atoms. The zero-order chi connectivity index (χ0) is 28.1. The van der Waals surface area contributed by atoms with E-state index < -0.39 is 0 Å². The van der Waals surface area contributed by atoms with Gasteiger partial charge in [0.25, 0.3) is 0 Å². The van der Waals surface area contributed by atoms with E-state index in [9.17, 15) is 4.79 Å². The number of fused-ring (bicyclic) bond motifs is 4. The van der Waals surface area contributed by atoms with Gasteiger partial charge in [-0.2, -0.15) is 0 Å². The summed E-state index contributed by atoms with van der Waals surface area (Å²) in [6.07, 6.45) is 1.16. The molecule has 6 heteroatoms. The fourth-order valence-electron chi connectivity index (χ4n) is 6.68. The Hall–Kier alpha value is -4.71. The number of nitrogens with one attached hydrogen (secondary N) is 2. The first-order valence-electron chi connectivity index (χ1n) is 14.2. The van der Waals surface area contributed by atoms with E-state index in [1.54, 1.807) is 14.2 Å². The van der Waals surface area contributed by atoms with E-state index in [2.05, 4.69) is 76.7 Å². The number of nitrogens with zero attached hydrogens (tertiary/aromatic N) is 1. The second-order valence-electron chi connectivity index (χ2n) is 10.8. The number of benzene rings is 4. The Morgan fingerprint density at radius 2 is 1.51 bits per heavy atom. The van der Waals surface area contributed by atoms with Gasteiger partial charge in [0, 0.05) is 46.0 Å². The Balaban J connectivity index is 1.36. The van der Waals surface area contributed by atoms with E-state index in [0.717, 1.165) is 46.7 Å². The molecule has 2 aliphatic rings. The number of carbonyl (C=O) groups excluding carboxylic acids is 1. The maximum Gasteiger partial charge on any atom is 0.163 e. The van der Waals surface area contributed by atoms with Gasteiger partial charge in [0.1, 0.15) is 0 Å². The van der Waals surface area contributed by atoms with Crippen molar-refractivity contribution >= 4 is 39.0 Å². The van der Waals surface area contributed by atoms with Crippen molar-refractivity contribution in [3.8, 4) is 11.5 Å². The van der Waals surface area contributed by atoms with Crippen LogP contribution in [-0.2, 0) is 11.3 Å². The first-order chi connectivity index (χ1) is 20.1. The smallest absolute Gasteiger partial charge is 0.163 e. The molecule has 2 N–H and O–H groups in total. The summed E-state index contributed by atoms with van der Waals surface area (Å²) < 4.78 is 13.4. The lowest BCUT2D eigenvalue weighted by molar-refractivity contribution is -0.116. The van der Waals surface area contributed by atoms with Crippen molar-refractivity contribution in [2.75, 3.05) is 24.9 Å². The standard InChI is InChI=1S/C35H33N3O3/c1-4-38-29-12-8-5-9-24(29)25-17-22(13-15-30(25)38)35-34-28(36-26-10-6-7-11-27(26)37-35)18-23(19-31(34)39)21-14-16-32(40-2)33(20-21)41-3/h5-17,20,23,35-37H,4,18-19H2,1-3H3. The molecule has 0 radical (unpaired) electrons. The van der Waals surface area contributed by atoms with E-state index in [0.29, 0.717) is 17.9 Å². The van der Waals surface area contributed by atoms with Gasteiger partial charge < -0.3 is 24.7 Å². The first kappa shape index (κ1) is 25.3. The lowest BCUT2D eigenvalue weighted by Gasteiger charge is -2.30. The van der Waals surface area contributed by atoms with Gasteiger partial charge in [-0.25, -0.2) is 0 Å². The summed E-state index contributed by atoms with van der Waals surface area (Å²) in [5.74, 6) is 1.55. The van der Waals surface area contributed by atoms with Crippen LogP contribution in [0.1, 0.15) is 42.9 Å². The van der Waals surface area contributed by atoms with Crippen molar-refractivity contribution in [3.63, 3.8) is 0 Å². The minimum Gasteiger partial charge on any atom is -0.493 e. The monoisotopic (exact) mass is 543 g/mol. The molecule has 1 aliphatic heterocycles. The minimum absolute atomic E-state index is 0.0319. The van der Waals surface area contributed by atoms with E-state index >= 15 is 0 Å². The molecule has 0 spiro atoms. The molecule has 0 fully saturated rings. The summed E-state index contributed by atoms with van der Waals surface area (Å²) in [6.45, 7) is 3.08. The van der Waals surface area contributed by atoms with Crippen molar-refractivity contribution in [3.05, 3.63) is 107 Å². The Labute approximate surface area is 239 Å². The second-order valence-corrected chi connectivity index (χ2v) is 10.8. The van der Waals surface area contributed by atoms with Crippen LogP contribution in [0.5, 0.6) is 11.5 Å². The third-order valence-corrected chi connectivity index (χ3v) is 8.63. The fraction of sp³-hybridized carbons (Fsp3) is 0.229.